The number of nitro groups is 1. The molecule has 0 aliphatic carbocycles. The maximum atomic E-state index is 10.8. The summed E-state index contributed by atoms with van der Waals surface area (Å²) in [5.74, 6) is 0. The molecule has 0 amide bonds. The average Bonchev–Trinajstić information content (AvgIpc) is 2.77. The van der Waals surface area contributed by atoms with Crippen LogP contribution in [0.15, 0.2) is 23.6 Å². The second kappa shape index (κ2) is 5.90. The van der Waals surface area contributed by atoms with Gasteiger partial charge < -0.3 is 5.32 Å². The van der Waals surface area contributed by atoms with E-state index in [1.165, 1.54) is 6.07 Å². The second-order valence-corrected chi connectivity index (χ2v) is 5.25. The Kier molecular flexibility index (Phi) is 4.24. The number of aromatic nitrogens is 1. The Bertz CT molecular complexity index is 595. The Balaban J connectivity index is 2.00. The first-order valence-corrected chi connectivity index (χ1v) is 6.80. The summed E-state index contributed by atoms with van der Waals surface area (Å²) < 4.78 is 0. The van der Waals surface area contributed by atoms with Gasteiger partial charge in [0.1, 0.15) is 5.01 Å². The van der Waals surface area contributed by atoms with Crippen LogP contribution in [0.25, 0.3) is 0 Å². The van der Waals surface area contributed by atoms with Gasteiger partial charge in [0.15, 0.2) is 0 Å². The van der Waals surface area contributed by atoms with E-state index in [1.807, 2.05) is 18.4 Å². The third kappa shape index (κ3) is 3.36. The van der Waals surface area contributed by atoms with E-state index >= 15 is 0 Å². The highest BCUT2D eigenvalue weighted by Crippen LogP contribution is 2.21. The highest BCUT2D eigenvalue weighted by molar-refractivity contribution is 7.09. The number of thiazole rings is 1. The van der Waals surface area contributed by atoms with Gasteiger partial charge in [0.25, 0.3) is 5.69 Å². The van der Waals surface area contributed by atoms with Crippen molar-refractivity contribution in [3.8, 4) is 0 Å². The molecule has 0 spiro atoms. The molecule has 19 heavy (non-hydrogen) atoms. The van der Waals surface area contributed by atoms with Crippen LogP contribution >= 0.6 is 11.3 Å². The summed E-state index contributed by atoms with van der Waals surface area (Å²) in [6, 6.07) is 5.15. The fourth-order valence-corrected chi connectivity index (χ4v) is 2.59. The highest BCUT2D eigenvalue weighted by Gasteiger charge is 2.12. The van der Waals surface area contributed by atoms with Crippen LogP contribution in [0.1, 0.15) is 21.8 Å². The van der Waals surface area contributed by atoms with Crippen LogP contribution in [0.2, 0.25) is 0 Å². The van der Waals surface area contributed by atoms with Crippen molar-refractivity contribution in [2.24, 2.45) is 0 Å². The molecule has 0 bridgehead atoms. The van der Waals surface area contributed by atoms with Crippen LogP contribution in [-0.4, -0.2) is 9.91 Å². The molecular formula is C13H15N3O2S. The lowest BCUT2D eigenvalue weighted by molar-refractivity contribution is -0.385. The zero-order chi connectivity index (χ0) is 13.8. The van der Waals surface area contributed by atoms with E-state index in [-0.39, 0.29) is 10.6 Å². The number of nitro benzene ring substituents is 1. The number of aryl methyl sites for hydroxylation is 1. The molecule has 0 radical (unpaired) electrons. The van der Waals surface area contributed by atoms with Crippen molar-refractivity contribution in [2.45, 2.75) is 26.9 Å². The molecule has 0 fully saturated rings. The van der Waals surface area contributed by atoms with Gasteiger partial charge >= 0.3 is 0 Å². The number of hydrogen-bond acceptors (Lipinski definition) is 5. The summed E-state index contributed by atoms with van der Waals surface area (Å²) in [6.45, 7) is 5.03. The van der Waals surface area contributed by atoms with Gasteiger partial charge in [-0.15, -0.1) is 11.3 Å². The van der Waals surface area contributed by atoms with E-state index in [0.717, 1.165) is 21.8 Å². The van der Waals surface area contributed by atoms with Gasteiger partial charge in [0.2, 0.25) is 0 Å². The third-order valence-electron chi connectivity index (χ3n) is 2.87. The molecule has 5 nitrogen and oxygen atoms in total. The first-order chi connectivity index (χ1) is 9.08. The first kappa shape index (κ1) is 13.6. The Hall–Kier alpha value is -1.79. The van der Waals surface area contributed by atoms with Crippen LogP contribution in [0.5, 0.6) is 0 Å². The van der Waals surface area contributed by atoms with E-state index in [0.29, 0.717) is 13.1 Å². The minimum Gasteiger partial charge on any atom is -0.306 e. The maximum absolute atomic E-state index is 10.8. The normalized spacial score (nSPS) is 10.6. The van der Waals surface area contributed by atoms with E-state index < -0.39 is 0 Å². The number of rotatable bonds is 5. The molecule has 1 N–H and O–H groups in total. The van der Waals surface area contributed by atoms with Gasteiger partial charge in [-0.2, -0.15) is 0 Å². The molecule has 1 aromatic heterocycles. The monoisotopic (exact) mass is 277 g/mol. The Morgan fingerprint density at radius 1 is 1.37 bits per heavy atom. The molecule has 100 valence electrons. The van der Waals surface area contributed by atoms with Gasteiger partial charge in [-0.3, -0.25) is 10.1 Å². The standard InChI is InChI=1S/C13H15N3O2S/c1-9-8-19-13(15-9)7-14-6-11-4-3-5-12(10(11)2)16(17)18/h3-5,8,14H,6-7H2,1-2H3. The number of nitrogens with zero attached hydrogens (tertiary/aromatic N) is 2. The van der Waals surface area contributed by atoms with Crippen molar-refractivity contribution in [1.82, 2.24) is 10.3 Å². The lowest BCUT2D eigenvalue weighted by atomic mass is 10.1. The van der Waals surface area contributed by atoms with Gasteiger partial charge in [0, 0.05) is 35.8 Å². The van der Waals surface area contributed by atoms with Gasteiger partial charge in [-0.05, 0) is 19.4 Å². The van der Waals surface area contributed by atoms with Crippen molar-refractivity contribution in [2.75, 3.05) is 0 Å². The highest BCUT2D eigenvalue weighted by atomic mass is 32.1. The molecule has 0 aliphatic rings. The average molecular weight is 277 g/mol. The van der Waals surface area contributed by atoms with Crippen molar-refractivity contribution in [1.29, 1.82) is 0 Å². The summed E-state index contributed by atoms with van der Waals surface area (Å²) >= 11 is 1.62. The van der Waals surface area contributed by atoms with Crippen LogP contribution < -0.4 is 5.32 Å². The minimum atomic E-state index is -0.344. The van der Waals surface area contributed by atoms with Crippen molar-refractivity contribution in [3.63, 3.8) is 0 Å². The van der Waals surface area contributed by atoms with Crippen LogP contribution in [0.3, 0.4) is 0 Å². The zero-order valence-corrected chi connectivity index (χ0v) is 11.7. The lowest BCUT2D eigenvalue weighted by Gasteiger charge is -2.07. The second-order valence-electron chi connectivity index (χ2n) is 4.30. The lowest BCUT2D eigenvalue weighted by Crippen LogP contribution is -2.13. The predicted octanol–water partition coefficient (Wildman–Crippen LogP) is 2.96. The smallest absolute Gasteiger partial charge is 0.272 e. The van der Waals surface area contributed by atoms with E-state index in [9.17, 15) is 10.1 Å². The molecule has 6 heteroatoms. The molecule has 0 aliphatic heterocycles. The molecule has 0 unspecified atom stereocenters. The SMILES string of the molecule is Cc1csc(CNCc2cccc([N+](=O)[O-])c2C)n1. The van der Waals surface area contributed by atoms with Gasteiger partial charge in [0.05, 0.1) is 4.92 Å². The van der Waals surface area contributed by atoms with Crippen LogP contribution in [0, 0.1) is 24.0 Å². The van der Waals surface area contributed by atoms with Crippen LogP contribution in [-0.2, 0) is 13.1 Å². The van der Waals surface area contributed by atoms with Crippen LogP contribution in [0.4, 0.5) is 5.69 Å². The molecule has 0 saturated heterocycles. The topological polar surface area (TPSA) is 68.1 Å². The molecule has 1 heterocycles. The summed E-state index contributed by atoms with van der Waals surface area (Å²) in [6.07, 6.45) is 0. The first-order valence-electron chi connectivity index (χ1n) is 5.92. The Morgan fingerprint density at radius 2 is 2.16 bits per heavy atom. The maximum Gasteiger partial charge on any atom is 0.272 e. The summed E-state index contributed by atoms with van der Waals surface area (Å²) in [5.41, 5.74) is 2.86. The quantitative estimate of drug-likeness (QED) is 0.674. The molecule has 1 aromatic carbocycles. The zero-order valence-electron chi connectivity index (χ0n) is 10.8. The molecule has 0 saturated carbocycles. The Labute approximate surface area is 115 Å². The predicted molar refractivity (Wildman–Crippen MR) is 75.2 cm³/mol. The van der Waals surface area contributed by atoms with Crippen molar-refractivity contribution in [3.05, 3.63) is 55.5 Å². The molecular weight excluding hydrogens is 262 g/mol. The third-order valence-corrected chi connectivity index (χ3v) is 3.84. The van der Waals surface area contributed by atoms with E-state index in [2.05, 4.69) is 10.3 Å². The number of nitrogens with one attached hydrogen (secondary N) is 1. The number of benzene rings is 1. The summed E-state index contributed by atoms with van der Waals surface area (Å²) in [7, 11) is 0. The Morgan fingerprint density at radius 3 is 2.79 bits per heavy atom. The van der Waals surface area contributed by atoms with Crippen molar-refractivity contribution < 1.29 is 4.92 Å². The molecule has 2 rings (SSSR count). The van der Waals surface area contributed by atoms with E-state index in [4.69, 9.17) is 0 Å². The van der Waals surface area contributed by atoms with E-state index in [1.54, 1.807) is 24.3 Å². The molecule has 2 aromatic rings. The van der Waals surface area contributed by atoms with Gasteiger partial charge in [-0.1, -0.05) is 12.1 Å². The van der Waals surface area contributed by atoms with Gasteiger partial charge in [-0.25, -0.2) is 4.98 Å². The molecule has 0 atom stereocenters. The number of hydrogen-bond donors (Lipinski definition) is 1. The van der Waals surface area contributed by atoms with Crippen molar-refractivity contribution >= 4 is 17.0 Å². The summed E-state index contributed by atoms with van der Waals surface area (Å²) in [4.78, 5) is 14.9. The fraction of sp³-hybridized carbons (Fsp3) is 0.308. The summed E-state index contributed by atoms with van der Waals surface area (Å²) in [5, 5.41) is 17.2. The minimum absolute atomic E-state index is 0.171. The largest absolute Gasteiger partial charge is 0.306 e. The fourth-order valence-electron chi connectivity index (χ4n) is 1.85.